The van der Waals surface area contributed by atoms with Crippen molar-refractivity contribution in [1.82, 2.24) is 14.9 Å². The molecule has 0 saturated heterocycles. The van der Waals surface area contributed by atoms with E-state index in [2.05, 4.69) is 32.1 Å². The van der Waals surface area contributed by atoms with Crippen molar-refractivity contribution in [2.45, 2.75) is 6.92 Å². The first-order valence-electron chi connectivity index (χ1n) is 13.3. The number of carbonyl (C=O) groups excluding carboxylic acids is 1. The molecule has 0 aliphatic heterocycles. The van der Waals surface area contributed by atoms with E-state index in [0.29, 0.717) is 40.5 Å². The van der Waals surface area contributed by atoms with E-state index in [1.54, 1.807) is 31.5 Å². The maximum absolute atomic E-state index is 13.6. The van der Waals surface area contributed by atoms with Crippen molar-refractivity contribution in [2.75, 3.05) is 56.9 Å². The van der Waals surface area contributed by atoms with Crippen molar-refractivity contribution in [3.8, 4) is 28.5 Å². The second kappa shape index (κ2) is 13.6. The van der Waals surface area contributed by atoms with Crippen LogP contribution in [0.15, 0.2) is 79.5 Å². The van der Waals surface area contributed by atoms with Gasteiger partial charge in [-0.15, -0.1) is 0 Å². The van der Waals surface area contributed by atoms with Crippen LogP contribution >= 0.6 is 0 Å². The number of hydrogen-bond acceptors (Lipinski definition) is 8. The number of hydrogen-bond donors (Lipinski definition) is 2. The topological polar surface area (TPSA) is 91.8 Å². The Hall–Kier alpha value is -4.96. The Morgan fingerprint density at radius 2 is 1.74 bits per heavy atom. The molecule has 2 N–H and O–H groups in total. The van der Waals surface area contributed by atoms with E-state index in [-0.39, 0.29) is 23.6 Å². The first kappa shape index (κ1) is 30.0. The minimum absolute atomic E-state index is 0.232. The molecule has 0 fully saturated rings. The van der Waals surface area contributed by atoms with E-state index in [1.165, 1.54) is 18.2 Å². The average molecular weight is 571 g/mol. The van der Waals surface area contributed by atoms with Crippen molar-refractivity contribution < 1.29 is 18.7 Å². The Morgan fingerprint density at radius 1 is 1.02 bits per heavy atom. The van der Waals surface area contributed by atoms with Crippen LogP contribution in [0.25, 0.3) is 11.1 Å². The molecule has 0 radical (unpaired) electrons. The minimum atomic E-state index is -0.346. The lowest BCUT2D eigenvalue weighted by Gasteiger charge is -2.26. The van der Waals surface area contributed by atoms with E-state index in [1.807, 2.05) is 63.3 Å². The molecule has 0 aliphatic rings. The van der Waals surface area contributed by atoms with Crippen LogP contribution in [0.3, 0.4) is 0 Å². The molecule has 42 heavy (non-hydrogen) atoms. The largest absolute Gasteiger partial charge is 0.494 e. The summed E-state index contributed by atoms with van der Waals surface area (Å²) < 4.78 is 25.5. The zero-order valence-electron chi connectivity index (χ0n) is 24.4. The first-order chi connectivity index (χ1) is 20.2. The molecule has 10 heteroatoms. The molecule has 1 amide bonds. The number of nitrogens with zero attached hydrogens (tertiary/aromatic N) is 4. The summed E-state index contributed by atoms with van der Waals surface area (Å²) in [6.45, 7) is 7.09. The summed E-state index contributed by atoms with van der Waals surface area (Å²) >= 11 is 0. The van der Waals surface area contributed by atoms with E-state index in [9.17, 15) is 9.18 Å². The number of nitrogens with one attached hydrogen (secondary N) is 2. The fourth-order valence-corrected chi connectivity index (χ4v) is 4.08. The number of aromatic nitrogens is 2. The summed E-state index contributed by atoms with van der Waals surface area (Å²) in [5.41, 5.74) is 4.23. The Kier molecular flexibility index (Phi) is 9.72. The third-order valence-electron chi connectivity index (χ3n) is 6.45. The number of rotatable bonds is 12. The molecule has 0 atom stereocenters. The summed E-state index contributed by atoms with van der Waals surface area (Å²) in [7, 11) is 7.51. The summed E-state index contributed by atoms with van der Waals surface area (Å²) in [4.78, 5) is 25.6. The van der Waals surface area contributed by atoms with Crippen molar-refractivity contribution in [1.29, 1.82) is 0 Å². The zero-order valence-corrected chi connectivity index (χ0v) is 24.4. The zero-order chi connectivity index (χ0) is 30.2. The van der Waals surface area contributed by atoms with Crippen LogP contribution in [0.5, 0.6) is 17.4 Å². The predicted octanol–water partition coefficient (Wildman–Crippen LogP) is 6.26. The summed E-state index contributed by atoms with van der Waals surface area (Å²) in [6, 6.07) is 17.2. The number of likely N-dealkylation sites (N-methyl/N-ethyl adjacent to an activating group) is 2. The summed E-state index contributed by atoms with van der Waals surface area (Å²) in [5.74, 6) is 0.928. The van der Waals surface area contributed by atoms with E-state index in [0.717, 1.165) is 17.8 Å². The Balaban J connectivity index is 1.74. The molecule has 4 aromatic rings. The van der Waals surface area contributed by atoms with Crippen LogP contribution in [0.2, 0.25) is 0 Å². The normalized spacial score (nSPS) is 10.7. The minimum Gasteiger partial charge on any atom is -0.494 e. The third-order valence-corrected chi connectivity index (χ3v) is 6.45. The van der Waals surface area contributed by atoms with Gasteiger partial charge in [0, 0.05) is 32.4 Å². The van der Waals surface area contributed by atoms with Gasteiger partial charge in [0.1, 0.15) is 17.3 Å². The molecule has 218 valence electrons. The molecule has 0 unspecified atom stereocenters. The molecule has 0 aliphatic carbocycles. The molecule has 0 bridgehead atoms. The third kappa shape index (κ3) is 7.61. The maximum Gasteiger partial charge on any atom is 0.247 e. The average Bonchev–Trinajstić information content (AvgIpc) is 2.98. The fourth-order valence-electron chi connectivity index (χ4n) is 4.08. The van der Waals surface area contributed by atoms with Crippen LogP contribution in [0.1, 0.15) is 5.56 Å². The van der Waals surface area contributed by atoms with E-state index >= 15 is 0 Å². The van der Waals surface area contributed by atoms with Gasteiger partial charge >= 0.3 is 0 Å². The Labute approximate surface area is 245 Å². The quantitative estimate of drug-likeness (QED) is 0.193. The lowest BCUT2D eigenvalue weighted by Crippen LogP contribution is -2.29. The number of anilines is 4. The van der Waals surface area contributed by atoms with Crippen LogP contribution in [0, 0.1) is 12.7 Å². The van der Waals surface area contributed by atoms with Gasteiger partial charge in [-0.1, -0.05) is 36.4 Å². The smallest absolute Gasteiger partial charge is 0.247 e. The highest BCUT2D eigenvalue weighted by molar-refractivity contribution is 6.02. The van der Waals surface area contributed by atoms with Crippen molar-refractivity contribution in [3.05, 3.63) is 90.9 Å². The standard InChI is InChI=1S/C32H35FN6O3/c1-7-30(40)35-26-18-27(29(41-6)19-28(26)39(5)17-16-38(3)4)36-32-34-20-25(22-10-12-23(33)13-11-22)31(37-32)42-24-14-8-21(2)9-15-24/h7-15,18-20H,1,16-17H2,2-6H3,(H,35,40)(H,34,36,37). The van der Waals surface area contributed by atoms with Gasteiger partial charge in [-0.25, -0.2) is 9.37 Å². The molecular formula is C32H35FN6O3. The van der Waals surface area contributed by atoms with Gasteiger partial charge in [-0.2, -0.15) is 4.98 Å². The predicted molar refractivity (Wildman–Crippen MR) is 166 cm³/mol. The number of halogens is 1. The van der Waals surface area contributed by atoms with E-state index in [4.69, 9.17) is 9.47 Å². The van der Waals surface area contributed by atoms with Gasteiger partial charge in [0.05, 0.1) is 29.7 Å². The highest BCUT2D eigenvalue weighted by Gasteiger charge is 2.18. The number of carbonyl (C=O) groups is 1. The SMILES string of the molecule is C=CC(=O)Nc1cc(Nc2ncc(-c3ccc(F)cc3)c(Oc3ccc(C)cc3)n2)c(OC)cc1N(C)CCN(C)C. The second-order valence-electron chi connectivity index (χ2n) is 9.95. The van der Waals surface area contributed by atoms with Gasteiger partial charge in [0.2, 0.25) is 17.7 Å². The molecule has 4 rings (SSSR count). The second-order valence-corrected chi connectivity index (χ2v) is 9.95. The molecular weight excluding hydrogens is 535 g/mol. The molecule has 0 spiro atoms. The lowest BCUT2D eigenvalue weighted by atomic mass is 10.1. The monoisotopic (exact) mass is 570 g/mol. The van der Waals surface area contributed by atoms with Crippen molar-refractivity contribution in [3.63, 3.8) is 0 Å². The maximum atomic E-state index is 13.6. The molecule has 1 heterocycles. The van der Waals surface area contributed by atoms with Crippen LogP contribution < -0.4 is 25.0 Å². The fraction of sp³-hybridized carbons (Fsp3) is 0.219. The number of ether oxygens (including phenoxy) is 2. The number of aryl methyl sites for hydroxylation is 1. The Bertz CT molecular complexity index is 1540. The van der Waals surface area contributed by atoms with Gasteiger partial charge < -0.3 is 29.9 Å². The molecule has 1 aromatic heterocycles. The Morgan fingerprint density at radius 3 is 2.38 bits per heavy atom. The van der Waals surface area contributed by atoms with Crippen molar-refractivity contribution >= 4 is 28.9 Å². The van der Waals surface area contributed by atoms with E-state index < -0.39 is 0 Å². The van der Waals surface area contributed by atoms with Crippen LogP contribution in [0.4, 0.5) is 27.4 Å². The molecule has 0 saturated carbocycles. The first-order valence-corrected chi connectivity index (χ1v) is 13.3. The van der Waals surface area contributed by atoms with Gasteiger partial charge in [-0.3, -0.25) is 4.79 Å². The number of benzene rings is 3. The van der Waals surface area contributed by atoms with Gasteiger partial charge in [0.25, 0.3) is 0 Å². The van der Waals surface area contributed by atoms with Gasteiger partial charge in [-0.05, 0) is 63.0 Å². The highest BCUT2D eigenvalue weighted by atomic mass is 19.1. The lowest BCUT2D eigenvalue weighted by molar-refractivity contribution is -0.111. The van der Waals surface area contributed by atoms with Crippen LogP contribution in [-0.4, -0.2) is 62.1 Å². The summed E-state index contributed by atoms with van der Waals surface area (Å²) in [6.07, 6.45) is 2.83. The number of methoxy groups -OCH3 is 1. The summed E-state index contributed by atoms with van der Waals surface area (Å²) in [5, 5.41) is 6.09. The highest BCUT2D eigenvalue weighted by Crippen LogP contribution is 2.39. The van der Waals surface area contributed by atoms with Gasteiger partial charge in [0.15, 0.2) is 0 Å². The van der Waals surface area contributed by atoms with Crippen LogP contribution in [-0.2, 0) is 4.79 Å². The van der Waals surface area contributed by atoms with Crippen molar-refractivity contribution in [2.24, 2.45) is 0 Å². The molecule has 9 nitrogen and oxygen atoms in total. The molecule has 3 aromatic carbocycles. The number of amides is 1.